The molecule has 7 heteroatoms. The van der Waals surface area contributed by atoms with Crippen LogP contribution in [-0.4, -0.2) is 55.3 Å². The average Bonchev–Trinajstić information content (AvgIpc) is 2.96. The molecule has 1 aliphatic rings. The molecule has 1 heterocycles. The molecule has 0 bridgehead atoms. The number of benzene rings is 1. The van der Waals surface area contributed by atoms with Crippen molar-refractivity contribution in [3.05, 3.63) is 28.3 Å². The van der Waals surface area contributed by atoms with Crippen LogP contribution in [0.15, 0.2) is 12.1 Å². The molecule has 0 aliphatic carbocycles. The van der Waals surface area contributed by atoms with Crippen LogP contribution in [0.4, 0.5) is 0 Å². The third-order valence-electron chi connectivity index (χ3n) is 4.35. The van der Waals surface area contributed by atoms with Gasteiger partial charge < -0.3 is 19.5 Å². The minimum atomic E-state index is -1.03. The zero-order valence-electron chi connectivity index (χ0n) is 14.1. The van der Waals surface area contributed by atoms with E-state index in [4.69, 9.17) is 21.1 Å². The Bertz CT molecular complexity index is 625. The maximum absolute atomic E-state index is 12.3. The molecular weight excluding hydrogens is 334 g/mol. The Morgan fingerprint density at radius 2 is 1.96 bits per heavy atom. The van der Waals surface area contributed by atoms with Crippen molar-refractivity contribution in [3.8, 4) is 5.75 Å². The molecule has 1 amide bonds. The van der Waals surface area contributed by atoms with E-state index < -0.39 is 11.4 Å². The van der Waals surface area contributed by atoms with Gasteiger partial charge in [-0.05, 0) is 43.5 Å². The number of carbonyl (C=O) groups is 2. The largest absolute Gasteiger partial charge is 0.484 e. The summed E-state index contributed by atoms with van der Waals surface area (Å²) in [7, 11) is 1.46. The Labute approximate surface area is 146 Å². The summed E-state index contributed by atoms with van der Waals surface area (Å²) in [5.74, 6) is -0.604. The molecule has 1 atom stereocenters. The second kappa shape index (κ2) is 7.40. The molecule has 1 unspecified atom stereocenters. The van der Waals surface area contributed by atoms with Gasteiger partial charge in [0, 0.05) is 25.2 Å². The fraction of sp³-hybridized carbons (Fsp3) is 0.529. The summed E-state index contributed by atoms with van der Waals surface area (Å²) in [4.78, 5) is 25.3. The van der Waals surface area contributed by atoms with Gasteiger partial charge in [0.25, 0.3) is 5.91 Å². The Kier molecular flexibility index (Phi) is 5.72. The highest BCUT2D eigenvalue weighted by Crippen LogP contribution is 2.31. The van der Waals surface area contributed by atoms with Crippen LogP contribution in [-0.2, 0) is 14.3 Å². The first kappa shape index (κ1) is 18.5. The standard InChI is InChI=1S/C17H22ClNO5/c1-11-6-13(7-12(2)15(11)18)24-8-14(20)19-5-4-17(9-19,10-23-3)16(21)22/h6-7H,4-5,8-10H2,1-3H3,(H,21,22). The number of amides is 1. The van der Waals surface area contributed by atoms with Crippen molar-refractivity contribution in [3.63, 3.8) is 0 Å². The van der Waals surface area contributed by atoms with Gasteiger partial charge in [-0.15, -0.1) is 0 Å². The number of nitrogens with zero attached hydrogens (tertiary/aromatic N) is 1. The van der Waals surface area contributed by atoms with Crippen LogP contribution in [0.3, 0.4) is 0 Å². The lowest BCUT2D eigenvalue weighted by molar-refractivity contribution is -0.151. The minimum absolute atomic E-state index is 0.0859. The topological polar surface area (TPSA) is 76.1 Å². The maximum Gasteiger partial charge on any atom is 0.313 e. The van der Waals surface area contributed by atoms with Crippen LogP contribution in [0.1, 0.15) is 17.5 Å². The van der Waals surface area contributed by atoms with E-state index in [1.807, 2.05) is 13.8 Å². The van der Waals surface area contributed by atoms with Crippen molar-refractivity contribution in [2.75, 3.05) is 33.4 Å². The highest BCUT2D eigenvalue weighted by atomic mass is 35.5. The van der Waals surface area contributed by atoms with E-state index in [0.717, 1.165) is 11.1 Å². The summed E-state index contributed by atoms with van der Waals surface area (Å²) in [6, 6.07) is 3.55. The van der Waals surface area contributed by atoms with Gasteiger partial charge in [-0.2, -0.15) is 0 Å². The molecule has 132 valence electrons. The molecule has 1 aromatic rings. The quantitative estimate of drug-likeness (QED) is 0.847. The number of carboxylic acids is 1. The molecule has 24 heavy (non-hydrogen) atoms. The smallest absolute Gasteiger partial charge is 0.313 e. The van der Waals surface area contributed by atoms with Crippen LogP contribution >= 0.6 is 11.6 Å². The molecule has 0 aromatic heterocycles. The predicted molar refractivity (Wildman–Crippen MR) is 89.6 cm³/mol. The molecule has 0 radical (unpaired) electrons. The van der Waals surface area contributed by atoms with E-state index in [9.17, 15) is 14.7 Å². The van der Waals surface area contributed by atoms with Crippen LogP contribution in [0, 0.1) is 19.3 Å². The molecule has 2 rings (SSSR count). The van der Waals surface area contributed by atoms with Gasteiger partial charge in [0.1, 0.15) is 11.2 Å². The molecule has 1 aromatic carbocycles. The lowest BCUT2D eigenvalue weighted by atomic mass is 9.88. The zero-order valence-corrected chi connectivity index (χ0v) is 14.9. The third-order valence-corrected chi connectivity index (χ3v) is 4.95. The summed E-state index contributed by atoms with van der Waals surface area (Å²) in [5.41, 5.74) is 0.730. The number of aryl methyl sites for hydroxylation is 2. The number of hydrogen-bond donors (Lipinski definition) is 1. The zero-order chi connectivity index (χ0) is 17.9. The van der Waals surface area contributed by atoms with E-state index >= 15 is 0 Å². The number of halogens is 1. The van der Waals surface area contributed by atoms with Crippen LogP contribution in [0.2, 0.25) is 5.02 Å². The van der Waals surface area contributed by atoms with Gasteiger partial charge in [-0.1, -0.05) is 11.6 Å². The number of carboxylic acid groups (broad SMARTS) is 1. The lowest BCUT2D eigenvalue weighted by Gasteiger charge is -2.23. The lowest BCUT2D eigenvalue weighted by Crippen LogP contribution is -2.41. The highest BCUT2D eigenvalue weighted by molar-refractivity contribution is 6.32. The first-order valence-corrected chi connectivity index (χ1v) is 8.06. The van der Waals surface area contributed by atoms with Gasteiger partial charge in [0.15, 0.2) is 6.61 Å². The Hall–Kier alpha value is -1.79. The van der Waals surface area contributed by atoms with Crippen molar-refractivity contribution in [1.29, 1.82) is 0 Å². The summed E-state index contributed by atoms with van der Waals surface area (Å²) >= 11 is 6.11. The summed E-state index contributed by atoms with van der Waals surface area (Å²) in [5, 5.41) is 10.1. The van der Waals surface area contributed by atoms with Gasteiger partial charge in [0.05, 0.1) is 6.61 Å². The molecule has 1 fully saturated rings. The first-order chi connectivity index (χ1) is 11.3. The number of hydrogen-bond acceptors (Lipinski definition) is 4. The predicted octanol–water partition coefficient (Wildman–Crippen LogP) is 2.29. The van der Waals surface area contributed by atoms with Crippen molar-refractivity contribution >= 4 is 23.5 Å². The Morgan fingerprint density at radius 3 is 2.50 bits per heavy atom. The van der Waals surface area contributed by atoms with E-state index in [0.29, 0.717) is 23.7 Å². The summed E-state index contributed by atoms with van der Waals surface area (Å²) in [6.07, 6.45) is 0.376. The molecule has 1 aliphatic heterocycles. The maximum atomic E-state index is 12.3. The van der Waals surface area contributed by atoms with E-state index in [2.05, 4.69) is 0 Å². The number of likely N-dealkylation sites (tertiary alicyclic amines) is 1. The molecular formula is C17H22ClNO5. The molecule has 1 N–H and O–H groups in total. The Morgan fingerprint density at radius 1 is 1.33 bits per heavy atom. The van der Waals surface area contributed by atoms with Gasteiger partial charge in [0.2, 0.25) is 0 Å². The van der Waals surface area contributed by atoms with E-state index in [-0.39, 0.29) is 25.7 Å². The molecule has 6 nitrogen and oxygen atoms in total. The SMILES string of the molecule is COCC1(C(=O)O)CCN(C(=O)COc2cc(C)c(Cl)c(C)c2)C1. The average molecular weight is 356 g/mol. The van der Waals surface area contributed by atoms with Gasteiger partial charge in [-0.3, -0.25) is 9.59 Å². The van der Waals surface area contributed by atoms with Crippen molar-refractivity contribution < 1.29 is 24.2 Å². The highest BCUT2D eigenvalue weighted by Gasteiger charge is 2.46. The summed E-state index contributed by atoms with van der Waals surface area (Å²) < 4.78 is 10.6. The monoisotopic (exact) mass is 355 g/mol. The third kappa shape index (κ3) is 3.82. The van der Waals surface area contributed by atoms with E-state index in [1.165, 1.54) is 12.0 Å². The van der Waals surface area contributed by atoms with Crippen molar-refractivity contribution in [1.82, 2.24) is 4.90 Å². The van der Waals surface area contributed by atoms with Crippen molar-refractivity contribution in [2.24, 2.45) is 5.41 Å². The van der Waals surface area contributed by atoms with Crippen LogP contribution in [0.5, 0.6) is 5.75 Å². The fourth-order valence-electron chi connectivity index (χ4n) is 2.94. The normalized spacial score (nSPS) is 20.2. The number of aliphatic carboxylic acids is 1. The minimum Gasteiger partial charge on any atom is -0.484 e. The van der Waals surface area contributed by atoms with Crippen LogP contribution < -0.4 is 4.74 Å². The molecule has 1 saturated heterocycles. The Balaban J connectivity index is 1.98. The van der Waals surface area contributed by atoms with E-state index in [1.54, 1.807) is 12.1 Å². The second-order valence-electron chi connectivity index (χ2n) is 6.24. The van der Waals surface area contributed by atoms with Gasteiger partial charge >= 0.3 is 5.97 Å². The second-order valence-corrected chi connectivity index (χ2v) is 6.62. The molecule has 0 spiro atoms. The number of ether oxygens (including phenoxy) is 2. The number of carbonyl (C=O) groups excluding carboxylic acids is 1. The van der Waals surface area contributed by atoms with Crippen molar-refractivity contribution in [2.45, 2.75) is 20.3 Å². The summed E-state index contributed by atoms with van der Waals surface area (Å²) in [6.45, 7) is 4.21. The number of methoxy groups -OCH3 is 1. The molecule has 0 saturated carbocycles. The van der Waals surface area contributed by atoms with Gasteiger partial charge in [-0.25, -0.2) is 0 Å². The fourth-order valence-corrected chi connectivity index (χ4v) is 3.05. The van der Waals surface area contributed by atoms with Crippen LogP contribution in [0.25, 0.3) is 0 Å². The first-order valence-electron chi connectivity index (χ1n) is 7.69. The number of rotatable bonds is 6.